The van der Waals surface area contributed by atoms with Crippen molar-refractivity contribution in [2.45, 2.75) is 44.4 Å². The second-order valence-corrected chi connectivity index (χ2v) is 11.2. The van der Waals surface area contributed by atoms with Crippen LogP contribution < -0.4 is 11.1 Å². The number of likely N-dealkylation sites (N-methyl/N-ethyl adjacent to an activating group) is 1. The van der Waals surface area contributed by atoms with Crippen LogP contribution >= 0.6 is 11.6 Å². The van der Waals surface area contributed by atoms with Crippen LogP contribution in [0.5, 0.6) is 0 Å². The second kappa shape index (κ2) is 13.5. The Balaban J connectivity index is 1.34. The van der Waals surface area contributed by atoms with Crippen LogP contribution in [-0.2, 0) is 29.1 Å². The number of benzene rings is 4. The summed E-state index contributed by atoms with van der Waals surface area (Å²) >= 11 is 6.28. The maximum absolute atomic E-state index is 13.8. The Labute approximate surface area is 252 Å². The van der Waals surface area contributed by atoms with Crippen molar-refractivity contribution in [1.82, 2.24) is 15.1 Å². The lowest BCUT2D eigenvalue weighted by Gasteiger charge is -2.29. The summed E-state index contributed by atoms with van der Waals surface area (Å²) in [4.78, 5) is 35.6. The van der Waals surface area contributed by atoms with Gasteiger partial charge in [0.05, 0.1) is 6.54 Å². The first-order valence-electron chi connectivity index (χ1n) is 14.3. The van der Waals surface area contributed by atoms with E-state index in [1.807, 2.05) is 77.7 Å². The Morgan fingerprint density at radius 1 is 0.976 bits per heavy atom. The Kier molecular flexibility index (Phi) is 9.39. The summed E-state index contributed by atoms with van der Waals surface area (Å²) in [6, 6.07) is 30.3. The predicted octanol–water partition coefficient (Wildman–Crippen LogP) is 5.16. The molecule has 0 spiro atoms. The third kappa shape index (κ3) is 7.09. The number of nitrogens with zero attached hydrogens (tertiary/aromatic N) is 3. The molecular weight excluding hydrogens is 546 g/mol. The molecule has 2 amide bonds. The molecule has 0 aromatic heterocycles. The number of amides is 2. The molecule has 7 nitrogen and oxygen atoms in total. The molecule has 2 atom stereocenters. The highest BCUT2D eigenvalue weighted by molar-refractivity contribution is 6.31. The van der Waals surface area contributed by atoms with Gasteiger partial charge in [0, 0.05) is 31.6 Å². The molecule has 1 aliphatic rings. The van der Waals surface area contributed by atoms with Crippen molar-refractivity contribution < 1.29 is 9.59 Å². The highest BCUT2D eigenvalue weighted by Gasteiger charge is 2.35. The molecule has 0 radical (unpaired) electrons. The molecule has 0 bridgehead atoms. The molecule has 4 aromatic rings. The van der Waals surface area contributed by atoms with E-state index in [2.05, 4.69) is 34.6 Å². The number of halogens is 1. The van der Waals surface area contributed by atoms with E-state index in [-0.39, 0.29) is 11.8 Å². The van der Waals surface area contributed by atoms with Crippen LogP contribution in [0.25, 0.3) is 10.8 Å². The zero-order valence-corrected chi connectivity index (χ0v) is 24.5. The summed E-state index contributed by atoms with van der Waals surface area (Å²) < 4.78 is 0. The first-order valence-corrected chi connectivity index (χ1v) is 14.6. The van der Waals surface area contributed by atoms with Gasteiger partial charge in [0.1, 0.15) is 12.1 Å². The maximum Gasteiger partial charge on any atom is 0.245 e. The number of aliphatic imine (C=N–C) groups is 1. The van der Waals surface area contributed by atoms with Gasteiger partial charge in [0.25, 0.3) is 0 Å². The fraction of sp³-hybridized carbons (Fsp3) is 0.265. The Hall–Kier alpha value is -4.36. The normalized spacial score (nSPS) is 15.9. The van der Waals surface area contributed by atoms with Gasteiger partial charge in [-0.2, -0.15) is 0 Å². The number of likely N-dealkylation sites (tertiary alicyclic amines) is 1. The van der Waals surface area contributed by atoms with Crippen molar-refractivity contribution >= 4 is 40.1 Å². The molecule has 1 fully saturated rings. The number of carbonyl (C=O) groups is 2. The van der Waals surface area contributed by atoms with E-state index in [4.69, 9.17) is 17.3 Å². The first-order chi connectivity index (χ1) is 20.4. The molecule has 1 heterocycles. The van der Waals surface area contributed by atoms with Gasteiger partial charge < -0.3 is 20.9 Å². The largest absolute Gasteiger partial charge is 0.370 e. The summed E-state index contributed by atoms with van der Waals surface area (Å²) in [6.07, 6.45) is 1.81. The third-order valence-electron chi connectivity index (χ3n) is 7.73. The fourth-order valence-corrected chi connectivity index (χ4v) is 5.66. The maximum atomic E-state index is 13.8. The number of guanidine groups is 1. The van der Waals surface area contributed by atoms with Gasteiger partial charge in [0.15, 0.2) is 5.96 Å². The Bertz CT molecular complexity index is 1570. The summed E-state index contributed by atoms with van der Waals surface area (Å²) in [7, 11) is 1.77. The van der Waals surface area contributed by atoms with Gasteiger partial charge in [-0.1, -0.05) is 103 Å². The molecule has 216 valence electrons. The molecular formula is C34H36ClN5O2. The van der Waals surface area contributed by atoms with Crippen molar-refractivity contribution in [3.8, 4) is 0 Å². The minimum Gasteiger partial charge on any atom is -0.370 e. The van der Waals surface area contributed by atoms with Gasteiger partial charge in [-0.25, -0.2) is 4.99 Å². The molecule has 3 N–H and O–H groups in total. The summed E-state index contributed by atoms with van der Waals surface area (Å²) in [5.74, 6) is -0.0768. The van der Waals surface area contributed by atoms with E-state index in [0.717, 1.165) is 33.9 Å². The molecule has 1 saturated heterocycles. The highest BCUT2D eigenvalue weighted by Crippen LogP contribution is 2.21. The van der Waals surface area contributed by atoms with Crippen LogP contribution in [-0.4, -0.2) is 53.2 Å². The van der Waals surface area contributed by atoms with E-state index < -0.39 is 12.1 Å². The average molecular weight is 582 g/mol. The topological polar surface area (TPSA) is 91.0 Å². The van der Waals surface area contributed by atoms with Crippen LogP contribution in [0, 0.1) is 0 Å². The molecule has 4 aromatic carbocycles. The van der Waals surface area contributed by atoms with E-state index in [9.17, 15) is 9.59 Å². The van der Waals surface area contributed by atoms with Crippen LogP contribution in [0.1, 0.15) is 29.5 Å². The van der Waals surface area contributed by atoms with E-state index in [0.29, 0.717) is 43.5 Å². The molecule has 42 heavy (non-hydrogen) atoms. The van der Waals surface area contributed by atoms with Crippen molar-refractivity contribution in [2.75, 3.05) is 13.6 Å². The first kappa shape index (κ1) is 29.1. The zero-order chi connectivity index (χ0) is 29.5. The number of fused-ring (bicyclic) bond motifs is 1. The van der Waals surface area contributed by atoms with E-state index in [1.54, 1.807) is 11.9 Å². The van der Waals surface area contributed by atoms with Crippen LogP contribution in [0.4, 0.5) is 0 Å². The number of hydrogen-bond acceptors (Lipinski definition) is 3. The molecule has 8 heteroatoms. The smallest absolute Gasteiger partial charge is 0.245 e. The third-order valence-corrected chi connectivity index (χ3v) is 8.09. The van der Waals surface area contributed by atoms with Gasteiger partial charge >= 0.3 is 0 Å². The summed E-state index contributed by atoms with van der Waals surface area (Å²) in [5.41, 5.74) is 9.25. The fourth-order valence-electron chi connectivity index (χ4n) is 5.47. The zero-order valence-electron chi connectivity index (χ0n) is 23.7. The minimum atomic E-state index is -0.740. The van der Waals surface area contributed by atoms with Gasteiger partial charge in [0.2, 0.25) is 11.8 Å². The summed E-state index contributed by atoms with van der Waals surface area (Å²) in [5, 5.41) is 5.93. The molecule has 5 rings (SSSR count). The standard InChI is InChI=1S/C34H36ClN5O2/c1-39(23-24-10-3-2-4-11-24)33(42)30(21-25-17-18-26-12-5-6-13-27(26)20-25)38-32(41)31-16-9-19-40(31)34(36)37-22-28-14-7-8-15-29(28)35/h2-8,10-15,17-18,20,30-31H,9,16,19,21-23H2,1H3,(H2,36,37)(H,38,41)/t30-,31-/m0/s1. The van der Waals surface area contributed by atoms with Crippen LogP contribution in [0.2, 0.25) is 5.02 Å². The molecule has 0 saturated carbocycles. The van der Waals surface area contributed by atoms with Crippen molar-refractivity contribution in [1.29, 1.82) is 0 Å². The lowest BCUT2D eigenvalue weighted by molar-refractivity contribution is -0.136. The monoisotopic (exact) mass is 581 g/mol. The summed E-state index contributed by atoms with van der Waals surface area (Å²) in [6.45, 7) is 1.39. The van der Waals surface area contributed by atoms with Crippen LogP contribution in [0.3, 0.4) is 0 Å². The molecule has 0 aliphatic carbocycles. The number of hydrogen-bond donors (Lipinski definition) is 2. The highest BCUT2D eigenvalue weighted by atomic mass is 35.5. The van der Waals surface area contributed by atoms with Crippen LogP contribution in [0.15, 0.2) is 102 Å². The predicted molar refractivity (Wildman–Crippen MR) is 169 cm³/mol. The quantitative estimate of drug-likeness (QED) is 0.211. The molecule has 0 unspecified atom stereocenters. The van der Waals surface area contributed by atoms with Crippen molar-refractivity contribution in [3.05, 3.63) is 119 Å². The van der Waals surface area contributed by atoms with Crippen molar-refractivity contribution in [2.24, 2.45) is 10.7 Å². The Morgan fingerprint density at radius 2 is 1.69 bits per heavy atom. The lowest BCUT2D eigenvalue weighted by Crippen LogP contribution is -2.55. The lowest BCUT2D eigenvalue weighted by atomic mass is 10.00. The number of carbonyl (C=O) groups excluding carboxylic acids is 2. The number of nitrogens with one attached hydrogen (secondary N) is 1. The molecule has 1 aliphatic heterocycles. The van der Waals surface area contributed by atoms with Crippen molar-refractivity contribution in [3.63, 3.8) is 0 Å². The van der Waals surface area contributed by atoms with Gasteiger partial charge in [-0.05, 0) is 46.4 Å². The average Bonchev–Trinajstić information content (AvgIpc) is 3.51. The second-order valence-electron chi connectivity index (χ2n) is 10.7. The Morgan fingerprint density at radius 3 is 2.48 bits per heavy atom. The van der Waals surface area contributed by atoms with Gasteiger partial charge in [-0.15, -0.1) is 0 Å². The van der Waals surface area contributed by atoms with E-state index >= 15 is 0 Å². The van der Waals surface area contributed by atoms with E-state index in [1.165, 1.54) is 0 Å². The SMILES string of the molecule is CN(Cc1ccccc1)C(=O)[C@H](Cc1ccc2ccccc2c1)NC(=O)[C@@H]1CCCN1C(N)=NCc1ccccc1Cl. The minimum absolute atomic E-state index is 0.148. The number of rotatable bonds is 9. The van der Waals surface area contributed by atoms with Gasteiger partial charge in [-0.3, -0.25) is 9.59 Å². The number of nitrogens with two attached hydrogens (primary N) is 1.